The number of nitrogens with zero attached hydrogens (tertiary/aromatic N) is 3. The molecule has 0 aromatic carbocycles. The van der Waals surface area contributed by atoms with Gasteiger partial charge in [0.1, 0.15) is 0 Å². The van der Waals surface area contributed by atoms with Gasteiger partial charge in [0, 0.05) is 31.9 Å². The molecule has 0 fully saturated rings. The molecule has 0 radical (unpaired) electrons. The van der Waals surface area contributed by atoms with Crippen LogP contribution in [0.1, 0.15) is 42.0 Å². The van der Waals surface area contributed by atoms with Crippen LogP contribution in [0.25, 0.3) is 0 Å². The minimum Gasteiger partial charge on any atom is -0.396 e. The third-order valence-electron chi connectivity index (χ3n) is 3.16. The highest BCUT2D eigenvalue weighted by molar-refractivity contribution is 5.96. The van der Waals surface area contributed by atoms with Gasteiger partial charge >= 0.3 is 0 Å². The number of hydrogen-bond acceptors (Lipinski definition) is 3. The molecule has 0 saturated heterocycles. The number of aliphatic hydroxyl groups excluding tert-OH is 1. The Bertz CT molecular complexity index is 424. The first kappa shape index (κ1) is 14.7. The van der Waals surface area contributed by atoms with E-state index in [1.165, 1.54) is 0 Å². The van der Waals surface area contributed by atoms with Crippen LogP contribution in [0.4, 0.5) is 0 Å². The maximum Gasteiger partial charge on any atom is 0.257 e. The van der Waals surface area contributed by atoms with Gasteiger partial charge in [0.25, 0.3) is 5.91 Å². The summed E-state index contributed by atoms with van der Waals surface area (Å²) in [6, 6.07) is 0.114. The van der Waals surface area contributed by atoms with Crippen LogP contribution in [-0.4, -0.2) is 44.9 Å². The Balaban J connectivity index is 3.02. The van der Waals surface area contributed by atoms with Gasteiger partial charge in [-0.25, -0.2) is 0 Å². The number of carbonyl (C=O) groups excluding carboxylic acids is 1. The van der Waals surface area contributed by atoms with Crippen LogP contribution in [0.2, 0.25) is 0 Å². The van der Waals surface area contributed by atoms with E-state index in [4.69, 9.17) is 5.11 Å². The smallest absolute Gasteiger partial charge is 0.257 e. The molecule has 1 rings (SSSR count). The molecule has 0 spiro atoms. The summed E-state index contributed by atoms with van der Waals surface area (Å²) in [6.45, 7) is 8.39. The Labute approximate surface area is 108 Å². The van der Waals surface area contributed by atoms with Crippen molar-refractivity contribution in [1.29, 1.82) is 0 Å². The van der Waals surface area contributed by atoms with Crippen molar-refractivity contribution in [3.63, 3.8) is 0 Å². The Hall–Kier alpha value is -1.36. The maximum absolute atomic E-state index is 12.5. The van der Waals surface area contributed by atoms with Gasteiger partial charge in [-0.3, -0.25) is 9.48 Å². The van der Waals surface area contributed by atoms with Gasteiger partial charge in [-0.15, -0.1) is 0 Å². The normalized spacial score (nSPS) is 11.1. The van der Waals surface area contributed by atoms with Gasteiger partial charge in [0.05, 0.1) is 11.3 Å². The topological polar surface area (TPSA) is 58.4 Å². The number of rotatable bonds is 5. The average Bonchev–Trinajstić information content (AvgIpc) is 2.53. The molecule has 1 amide bonds. The lowest BCUT2D eigenvalue weighted by molar-refractivity contribution is 0.0691. The van der Waals surface area contributed by atoms with Crippen LogP contribution >= 0.6 is 0 Å². The SMILES string of the molecule is Cc1nn(C)c(C)c1C(=O)N(CCCO)C(C)C. The monoisotopic (exact) mass is 253 g/mol. The lowest BCUT2D eigenvalue weighted by Gasteiger charge is -2.26. The van der Waals surface area contributed by atoms with Crippen LogP contribution in [0, 0.1) is 13.8 Å². The second-order valence-electron chi connectivity index (χ2n) is 4.84. The van der Waals surface area contributed by atoms with Crippen molar-refractivity contribution in [2.45, 2.75) is 40.2 Å². The Kier molecular flexibility index (Phi) is 4.90. The van der Waals surface area contributed by atoms with Crippen LogP contribution < -0.4 is 0 Å². The summed E-state index contributed by atoms with van der Waals surface area (Å²) in [5.74, 6) is 0.00144. The standard InChI is InChI=1S/C13H23N3O2/c1-9(2)16(7-6-8-17)13(18)12-10(3)14-15(5)11(12)4/h9,17H,6-8H2,1-5H3. The molecular formula is C13H23N3O2. The summed E-state index contributed by atoms with van der Waals surface area (Å²) >= 11 is 0. The maximum atomic E-state index is 12.5. The molecule has 102 valence electrons. The lowest BCUT2D eigenvalue weighted by atomic mass is 10.1. The largest absolute Gasteiger partial charge is 0.396 e. The summed E-state index contributed by atoms with van der Waals surface area (Å²) in [5, 5.41) is 13.2. The summed E-state index contributed by atoms with van der Waals surface area (Å²) < 4.78 is 1.73. The lowest BCUT2D eigenvalue weighted by Crippen LogP contribution is -2.38. The Morgan fingerprint density at radius 3 is 2.44 bits per heavy atom. The van der Waals surface area contributed by atoms with Gasteiger partial charge in [-0.1, -0.05) is 0 Å². The van der Waals surface area contributed by atoms with E-state index < -0.39 is 0 Å². The molecule has 5 heteroatoms. The predicted molar refractivity (Wildman–Crippen MR) is 70.6 cm³/mol. The van der Waals surface area contributed by atoms with Crippen LogP contribution in [0.15, 0.2) is 0 Å². The highest BCUT2D eigenvalue weighted by Crippen LogP contribution is 2.16. The van der Waals surface area contributed by atoms with Crippen LogP contribution in [0.3, 0.4) is 0 Å². The molecule has 18 heavy (non-hydrogen) atoms. The summed E-state index contributed by atoms with van der Waals surface area (Å²) in [4.78, 5) is 14.3. The molecule has 1 N–H and O–H groups in total. The van der Waals surface area contributed by atoms with Crippen LogP contribution in [-0.2, 0) is 7.05 Å². The zero-order valence-corrected chi connectivity index (χ0v) is 11.9. The summed E-state index contributed by atoms with van der Waals surface area (Å²) in [6.07, 6.45) is 0.599. The van der Waals surface area contributed by atoms with Crippen molar-refractivity contribution in [3.8, 4) is 0 Å². The molecule has 1 heterocycles. The van der Waals surface area contributed by atoms with E-state index in [1.807, 2.05) is 34.7 Å². The van der Waals surface area contributed by atoms with Crippen LogP contribution in [0.5, 0.6) is 0 Å². The molecule has 0 bridgehead atoms. The molecule has 0 unspecified atom stereocenters. The van der Waals surface area contributed by atoms with Gasteiger partial charge in [0.15, 0.2) is 0 Å². The first-order chi connectivity index (χ1) is 8.40. The number of hydrogen-bond donors (Lipinski definition) is 1. The van der Waals surface area contributed by atoms with E-state index in [9.17, 15) is 4.79 Å². The molecule has 0 saturated carbocycles. The minimum atomic E-state index is 0.00144. The minimum absolute atomic E-state index is 0.00144. The van der Waals surface area contributed by atoms with Gasteiger partial charge in [0.2, 0.25) is 0 Å². The average molecular weight is 253 g/mol. The highest BCUT2D eigenvalue weighted by Gasteiger charge is 2.24. The van der Waals surface area contributed by atoms with Gasteiger partial charge < -0.3 is 10.0 Å². The van der Waals surface area contributed by atoms with E-state index in [-0.39, 0.29) is 18.6 Å². The number of carbonyl (C=O) groups is 1. The third-order valence-corrected chi connectivity index (χ3v) is 3.16. The highest BCUT2D eigenvalue weighted by atomic mass is 16.3. The predicted octanol–water partition coefficient (Wildman–Crippen LogP) is 1.27. The molecule has 1 aromatic rings. The fourth-order valence-electron chi connectivity index (χ4n) is 2.06. The van der Waals surface area contributed by atoms with Crippen molar-refractivity contribution < 1.29 is 9.90 Å². The van der Waals surface area contributed by atoms with E-state index in [1.54, 1.807) is 9.58 Å². The zero-order valence-electron chi connectivity index (χ0n) is 11.9. The Morgan fingerprint density at radius 1 is 1.44 bits per heavy atom. The molecule has 0 atom stereocenters. The molecule has 0 aliphatic heterocycles. The van der Waals surface area contributed by atoms with E-state index in [0.29, 0.717) is 18.5 Å². The van der Waals surface area contributed by atoms with Gasteiger partial charge in [-0.05, 0) is 34.1 Å². The fraction of sp³-hybridized carbons (Fsp3) is 0.692. The van der Waals surface area contributed by atoms with E-state index in [2.05, 4.69) is 5.10 Å². The third kappa shape index (κ3) is 2.90. The zero-order chi connectivity index (χ0) is 13.9. The number of aliphatic hydroxyl groups is 1. The number of aromatic nitrogens is 2. The second-order valence-corrected chi connectivity index (χ2v) is 4.84. The fourth-order valence-corrected chi connectivity index (χ4v) is 2.06. The summed E-state index contributed by atoms with van der Waals surface area (Å²) in [5.41, 5.74) is 2.32. The van der Waals surface area contributed by atoms with Crippen molar-refractivity contribution in [1.82, 2.24) is 14.7 Å². The molecular weight excluding hydrogens is 230 g/mol. The van der Waals surface area contributed by atoms with Crippen molar-refractivity contribution in [2.75, 3.05) is 13.2 Å². The van der Waals surface area contributed by atoms with Crippen molar-refractivity contribution >= 4 is 5.91 Å². The number of aryl methyl sites for hydroxylation is 2. The second kappa shape index (κ2) is 6.00. The van der Waals surface area contributed by atoms with Crippen molar-refractivity contribution in [2.24, 2.45) is 7.05 Å². The molecule has 1 aromatic heterocycles. The molecule has 5 nitrogen and oxygen atoms in total. The first-order valence-corrected chi connectivity index (χ1v) is 6.32. The summed E-state index contributed by atoms with van der Waals surface area (Å²) in [7, 11) is 1.84. The first-order valence-electron chi connectivity index (χ1n) is 6.32. The quantitative estimate of drug-likeness (QED) is 0.859. The molecule has 0 aliphatic carbocycles. The van der Waals surface area contributed by atoms with E-state index >= 15 is 0 Å². The Morgan fingerprint density at radius 2 is 2.06 bits per heavy atom. The van der Waals surface area contributed by atoms with Crippen molar-refractivity contribution in [3.05, 3.63) is 17.0 Å². The number of amides is 1. The molecule has 0 aliphatic rings. The van der Waals surface area contributed by atoms with E-state index in [0.717, 1.165) is 11.4 Å². The van der Waals surface area contributed by atoms with Gasteiger partial charge in [-0.2, -0.15) is 5.10 Å².